The smallest absolute Gasteiger partial charge is 0.122 e. The van der Waals surface area contributed by atoms with E-state index in [4.69, 9.17) is 10.2 Å². The lowest BCUT2D eigenvalue weighted by molar-refractivity contribution is 0.133. The standard InChI is InChI=1S/C17H29N3O/c1-3-15(18)17(16-8-7-13(2)21-16)20-11-5-10-19-9-4-6-14(19)12-20/h7-8,14-15,17H,3-6,9-12,18H2,1-2H3. The summed E-state index contributed by atoms with van der Waals surface area (Å²) in [5.41, 5.74) is 6.46. The van der Waals surface area contributed by atoms with E-state index in [1.54, 1.807) is 0 Å². The van der Waals surface area contributed by atoms with Crippen molar-refractivity contribution in [2.24, 2.45) is 5.73 Å². The van der Waals surface area contributed by atoms with Crippen molar-refractivity contribution in [3.63, 3.8) is 0 Å². The second-order valence-corrected chi connectivity index (χ2v) is 6.65. The maximum atomic E-state index is 6.46. The molecule has 3 rings (SSSR count). The lowest BCUT2D eigenvalue weighted by Crippen LogP contribution is -2.44. The van der Waals surface area contributed by atoms with Crippen molar-refractivity contribution in [3.05, 3.63) is 23.7 Å². The maximum absolute atomic E-state index is 6.46. The molecule has 0 aromatic carbocycles. The molecule has 0 spiro atoms. The van der Waals surface area contributed by atoms with Crippen molar-refractivity contribution < 1.29 is 4.42 Å². The maximum Gasteiger partial charge on any atom is 0.122 e. The molecule has 1 aromatic heterocycles. The van der Waals surface area contributed by atoms with Gasteiger partial charge in [0.15, 0.2) is 0 Å². The Bertz CT molecular complexity index is 459. The quantitative estimate of drug-likeness (QED) is 0.926. The number of nitrogens with two attached hydrogens (primary N) is 1. The van der Waals surface area contributed by atoms with Gasteiger partial charge in [0.2, 0.25) is 0 Å². The molecule has 21 heavy (non-hydrogen) atoms. The predicted octanol–water partition coefficient (Wildman–Crippen LogP) is 2.54. The molecule has 2 aliphatic heterocycles. The number of nitrogens with zero attached hydrogens (tertiary/aromatic N) is 2. The van der Waals surface area contributed by atoms with Crippen molar-refractivity contribution in [2.75, 3.05) is 26.2 Å². The molecule has 3 unspecified atom stereocenters. The van der Waals surface area contributed by atoms with Crippen LogP contribution in [0.1, 0.15) is 50.2 Å². The van der Waals surface area contributed by atoms with Crippen LogP contribution in [0.5, 0.6) is 0 Å². The summed E-state index contributed by atoms with van der Waals surface area (Å²) in [5.74, 6) is 2.03. The van der Waals surface area contributed by atoms with Crippen LogP contribution in [-0.4, -0.2) is 48.1 Å². The fraction of sp³-hybridized carbons (Fsp3) is 0.765. The highest BCUT2D eigenvalue weighted by molar-refractivity contribution is 5.12. The van der Waals surface area contributed by atoms with E-state index in [0.29, 0.717) is 0 Å². The van der Waals surface area contributed by atoms with Gasteiger partial charge in [-0.15, -0.1) is 0 Å². The Morgan fingerprint density at radius 1 is 1.29 bits per heavy atom. The summed E-state index contributed by atoms with van der Waals surface area (Å²) in [7, 11) is 0. The van der Waals surface area contributed by atoms with Crippen molar-refractivity contribution in [1.29, 1.82) is 0 Å². The summed E-state index contributed by atoms with van der Waals surface area (Å²) < 4.78 is 5.94. The normalized spacial score (nSPS) is 27.3. The molecular weight excluding hydrogens is 262 g/mol. The molecule has 2 saturated heterocycles. The minimum atomic E-state index is 0.142. The van der Waals surface area contributed by atoms with E-state index in [1.807, 2.05) is 6.92 Å². The molecule has 2 N–H and O–H groups in total. The Hall–Kier alpha value is -0.840. The first-order chi connectivity index (χ1) is 10.2. The third-order valence-electron chi connectivity index (χ3n) is 5.16. The highest BCUT2D eigenvalue weighted by Gasteiger charge is 2.35. The fourth-order valence-electron chi connectivity index (χ4n) is 3.99. The van der Waals surface area contributed by atoms with Gasteiger partial charge in [0.25, 0.3) is 0 Å². The van der Waals surface area contributed by atoms with Gasteiger partial charge in [0, 0.05) is 25.2 Å². The third-order valence-corrected chi connectivity index (χ3v) is 5.16. The molecule has 0 saturated carbocycles. The summed E-state index contributed by atoms with van der Waals surface area (Å²) in [6, 6.07) is 5.26. The van der Waals surface area contributed by atoms with Gasteiger partial charge in [0.1, 0.15) is 11.5 Å². The van der Waals surface area contributed by atoms with Gasteiger partial charge in [-0.25, -0.2) is 0 Å². The van der Waals surface area contributed by atoms with Crippen LogP contribution in [0.15, 0.2) is 16.5 Å². The van der Waals surface area contributed by atoms with Crippen LogP contribution in [0.25, 0.3) is 0 Å². The van der Waals surface area contributed by atoms with Crippen molar-refractivity contribution in [2.45, 2.75) is 57.7 Å². The lowest BCUT2D eigenvalue weighted by Gasteiger charge is -2.34. The third kappa shape index (κ3) is 3.17. The minimum absolute atomic E-state index is 0.142. The van der Waals surface area contributed by atoms with E-state index < -0.39 is 0 Å². The van der Waals surface area contributed by atoms with Gasteiger partial charge in [-0.3, -0.25) is 9.80 Å². The van der Waals surface area contributed by atoms with Crippen LogP contribution in [0, 0.1) is 6.92 Å². The van der Waals surface area contributed by atoms with Gasteiger partial charge >= 0.3 is 0 Å². The van der Waals surface area contributed by atoms with E-state index in [2.05, 4.69) is 28.9 Å². The first kappa shape index (κ1) is 15.1. The molecule has 3 heterocycles. The van der Waals surface area contributed by atoms with E-state index in [9.17, 15) is 0 Å². The Labute approximate surface area is 128 Å². The summed E-state index contributed by atoms with van der Waals surface area (Å²) in [6.45, 7) is 8.98. The highest BCUT2D eigenvalue weighted by Crippen LogP contribution is 2.31. The van der Waals surface area contributed by atoms with E-state index in [0.717, 1.165) is 37.1 Å². The Morgan fingerprint density at radius 2 is 2.10 bits per heavy atom. The summed E-state index contributed by atoms with van der Waals surface area (Å²) in [6.07, 6.45) is 4.91. The molecule has 0 amide bonds. The van der Waals surface area contributed by atoms with Gasteiger partial charge in [-0.05, 0) is 57.8 Å². The van der Waals surface area contributed by atoms with Crippen LogP contribution in [0.3, 0.4) is 0 Å². The molecule has 2 aliphatic rings. The number of aryl methyl sites for hydroxylation is 1. The van der Waals surface area contributed by atoms with Crippen molar-refractivity contribution >= 4 is 0 Å². The Kier molecular flexibility index (Phi) is 4.67. The number of rotatable bonds is 4. The molecule has 4 nitrogen and oxygen atoms in total. The van der Waals surface area contributed by atoms with Gasteiger partial charge < -0.3 is 10.2 Å². The van der Waals surface area contributed by atoms with Crippen LogP contribution in [0.2, 0.25) is 0 Å². The predicted molar refractivity (Wildman–Crippen MR) is 85.2 cm³/mol. The summed E-state index contributed by atoms with van der Waals surface area (Å²) >= 11 is 0. The Balaban J connectivity index is 1.81. The molecule has 0 radical (unpaired) electrons. The molecule has 0 aliphatic carbocycles. The molecule has 1 aromatic rings. The molecule has 4 heteroatoms. The molecule has 0 bridgehead atoms. The van der Waals surface area contributed by atoms with Crippen LogP contribution in [0.4, 0.5) is 0 Å². The van der Waals surface area contributed by atoms with Crippen LogP contribution < -0.4 is 5.73 Å². The first-order valence-corrected chi connectivity index (χ1v) is 8.49. The molecule has 3 atom stereocenters. The van der Waals surface area contributed by atoms with Gasteiger partial charge in [-0.1, -0.05) is 6.92 Å². The second kappa shape index (κ2) is 6.51. The van der Waals surface area contributed by atoms with Gasteiger partial charge in [-0.2, -0.15) is 0 Å². The van der Waals surface area contributed by atoms with Crippen molar-refractivity contribution in [3.8, 4) is 0 Å². The number of fused-ring (bicyclic) bond motifs is 1. The molecule has 2 fully saturated rings. The lowest BCUT2D eigenvalue weighted by atomic mass is 10.0. The average molecular weight is 291 g/mol. The van der Waals surface area contributed by atoms with Crippen molar-refractivity contribution in [1.82, 2.24) is 9.80 Å². The zero-order valence-electron chi connectivity index (χ0n) is 13.4. The van der Waals surface area contributed by atoms with E-state index >= 15 is 0 Å². The Morgan fingerprint density at radius 3 is 2.81 bits per heavy atom. The summed E-state index contributed by atoms with van der Waals surface area (Å²) in [4.78, 5) is 5.25. The number of hydrogen-bond donors (Lipinski definition) is 1. The average Bonchev–Trinajstić information content (AvgIpc) is 3.04. The first-order valence-electron chi connectivity index (χ1n) is 8.49. The van der Waals surface area contributed by atoms with E-state index in [-0.39, 0.29) is 12.1 Å². The summed E-state index contributed by atoms with van der Waals surface area (Å²) in [5, 5.41) is 0. The topological polar surface area (TPSA) is 45.6 Å². The minimum Gasteiger partial charge on any atom is -0.465 e. The fourth-order valence-corrected chi connectivity index (χ4v) is 3.99. The van der Waals surface area contributed by atoms with Crippen LogP contribution >= 0.6 is 0 Å². The zero-order chi connectivity index (χ0) is 14.8. The van der Waals surface area contributed by atoms with Gasteiger partial charge in [0.05, 0.1) is 6.04 Å². The zero-order valence-corrected chi connectivity index (χ0v) is 13.4. The van der Waals surface area contributed by atoms with Crippen LogP contribution in [-0.2, 0) is 0 Å². The molecular formula is C17H29N3O. The number of furan rings is 1. The SMILES string of the molecule is CCC(N)C(c1ccc(C)o1)N1CCCN2CCCC2C1. The number of hydrogen-bond acceptors (Lipinski definition) is 4. The monoisotopic (exact) mass is 291 g/mol. The highest BCUT2D eigenvalue weighted by atomic mass is 16.3. The van der Waals surface area contributed by atoms with E-state index in [1.165, 1.54) is 32.4 Å². The second-order valence-electron chi connectivity index (χ2n) is 6.65. The largest absolute Gasteiger partial charge is 0.465 e. The molecule has 118 valence electrons.